The molecule has 1 aromatic carbocycles. The molecule has 152 valence electrons. The van der Waals surface area contributed by atoms with Gasteiger partial charge in [0.1, 0.15) is 12.0 Å². The minimum Gasteiger partial charge on any atom is -0.461 e. The normalized spacial score (nSPS) is 26.6. The second-order valence-electron chi connectivity index (χ2n) is 6.24. The summed E-state index contributed by atoms with van der Waals surface area (Å²) in [5.41, 5.74) is 0.453. The molecule has 2 rings (SSSR count). The highest BCUT2D eigenvalue weighted by Gasteiger charge is 2.51. The van der Waals surface area contributed by atoms with Crippen molar-refractivity contribution in [1.29, 1.82) is 0 Å². The molecule has 0 unspecified atom stereocenters. The minimum atomic E-state index is -1.19. The molecule has 0 amide bonds. The zero-order chi connectivity index (χ0) is 20.8. The van der Waals surface area contributed by atoms with Crippen molar-refractivity contribution in [2.24, 2.45) is 0 Å². The van der Waals surface area contributed by atoms with E-state index in [1.165, 1.54) is 20.8 Å². The van der Waals surface area contributed by atoms with Crippen molar-refractivity contribution in [3.63, 3.8) is 0 Å². The lowest BCUT2D eigenvalue weighted by Crippen LogP contribution is -2.62. The third-order valence-electron chi connectivity index (χ3n) is 3.90. The molecule has 0 radical (unpaired) electrons. The molecule has 1 fully saturated rings. The summed E-state index contributed by atoms with van der Waals surface area (Å²) in [6.45, 7) is 5.18. The maximum absolute atomic E-state index is 11.6. The maximum Gasteiger partial charge on any atom is 0.303 e. The van der Waals surface area contributed by atoms with Crippen LogP contribution in [0.3, 0.4) is 0 Å². The number of rotatable bonds is 6. The summed E-state index contributed by atoms with van der Waals surface area (Å²) in [5, 5.41) is 0. The number of carbonyl (C=O) groups is 4. The minimum absolute atomic E-state index is 0.340. The molecule has 1 aliphatic heterocycles. The first-order valence-corrected chi connectivity index (χ1v) is 8.60. The van der Waals surface area contributed by atoms with Crippen LogP contribution in [-0.4, -0.2) is 54.9 Å². The Bertz CT molecular complexity index is 727. The van der Waals surface area contributed by atoms with Crippen LogP contribution in [-0.2, 0) is 33.3 Å². The van der Waals surface area contributed by atoms with Gasteiger partial charge >= 0.3 is 17.9 Å². The molecule has 5 atom stereocenters. The van der Waals surface area contributed by atoms with E-state index >= 15 is 0 Å². The highest BCUT2D eigenvalue weighted by molar-refractivity contribution is 5.74. The van der Waals surface area contributed by atoms with Crippen LogP contribution < -0.4 is 4.74 Å². The highest BCUT2D eigenvalue weighted by Crippen LogP contribution is 2.30. The molecule has 1 aromatic rings. The van der Waals surface area contributed by atoms with Crippen LogP contribution >= 0.6 is 0 Å². The molecule has 0 aliphatic carbocycles. The molecule has 9 heteroatoms. The first-order chi connectivity index (χ1) is 13.2. The van der Waals surface area contributed by atoms with Gasteiger partial charge in [0, 0.05) is 26.3 Å². The Morgan fingerprint density at radius 2 is 1.36 bits per heavy atom. The van der Waals surface area contributed by atoms with Crippen LogP contribution in [0.5, 0.6) is 5.75 Å². The van der Waals surface area contributed by atoms with E-state index in [4.69, 9.17) is 23.7 Å². The SMILES string of the molecule is CC(=O)O[C@H]1[C@H](OC(C)=O)[C@H](Oc2ccc(C=O)cc2)O[C@@H](C)[C@H]1OC(C)=O. The van der Waals surface area contributed by atoms with Crippen molar-refractivity contribution in [3.8, 4) is 5.75 Å². The predicted molar refractivity (Wildman–Crippen MR) is 93.5 cm³/mol. The summed E-state index contributed by atoms with van der Waals surface area (Å²) in [4.78, 5) is 45.5. The number of aldehydes is 1. The Labute approximate surface area is 161 Å². The summed E-state index contributed by atoms with van der Waals surface area (Å²) in [7, 11) is 0. The van der Waals surface area contributed by atoms with Crippen LogP contribution in [0.4, 0.5) is 0 Å². The zero-order valence-electron chi connectivity index (χ0n) is 15.9. The Balaban J connectivity index is 2.33. The molecule has 0 bridgehead atoms. The second-order valence-corrected chi connectivity index (χ2v) is 6.24. The third kappa shape index (κ3) is 5.53. The summed E-state index contributed by atoms with van der Waals surface area (Å²) in [6.07, 6.45) is -4.49. The lowest BCUT2D eigenvalue weighted by Gasteiger charge is -2.43. The Kier molecular flexibility index (Phi) is 7.11. The number of ether oxygens (including phenoxy) is 5. The van der Waals surface area contributed by atoms with Gasteiger partial charge in [0.25, 0.3) is 0 Å². The van der Waals surface area contributed by atoms with Gasteiger partial charge in [0.15, 0.2) is 12.2 Å². The van der Waals surface area contributed by atoms with E-state index in [1.807, 2.05) is 0 Å². The van der Waals surface area contributed by atoms with Gasteiger partial charge in [-0.15, -0.1) is 0 Å². The number of benzene rings is 1. The smallest absolute Gasteiger partial charge is 0.303 e. The number of hydrogen-bond donors (Lipinski definition) is 0. The molecule has 0 saturated carbocycles. The summed E-state index contributed by atoms with van der Waals surface area (Å²) in [6, 6.07) is 6.17. The van der Waals surface area contributed by atoms with Gasteiger partial charge in [-0.25, -0.2) is 0 Å². The van der Waals surface area contributed by atoms with Crippen LogP contribution in [0.2, 0.25) is 0 Å². The molecule has 1 aliphatic rings. The van der Waals surface area contributed by atoms with Gasteiger partial charge in [0.05, 0.1) is 6.10 Å². The first-order valence-electron chi connectivity index (χ1n) is 8.60. The lowest BCUT2D eigenvalue weighted by molar-refractivity contribution is -0.280. The number of carbonyl (C=O) groups excluding carboxylic acids is 4. The molecule has 28 heavy (non-hydrogen) atoms. The van der Waals surface area contributed by atoms with Gasteiger partial charge in [-0.1, -0.05) is 0 Å². The van der Waals surface area contributed by atoms with Crippen molar-refractivity contribution in [2.75, 3.05) is 0 Å². The Morgan fingerprint density at radius 1 is 0.857 bits per heavy atom. The summed E-state index contributed by atoms with van der Waals surface area (Å²) in [5.74, 6) is -1.58. The Hall–Kier alpha value is -2.94. The van der Waals surface area contributed by atoms with Crippen molar-refractivity contribution in [1.82, 2.24) is 0 Å². The molecular weight excluding hydrogens is 372 g/mol. The largest absolute Gasteiger partial charge is 0.461 e. The molecule has 0 aromatic heterocycles. The van der Waals surface area contributed by atoms with Gasteiger partial charge in [-0.2, -0.15) is 0 Å². The molecule has 0 N–H and O–H groups in total. The van der Waals surface area contributed by atoms with E-state index in [1.54, 1.807) is 31.2 Å². The second kappa shape index (κ2) is 9.32. The highest BCUT2D eigenvalue weighted by atomic mass is 16.7. The van der Waals surface area contributed by atoms with Crippen LogP contribution in [0.1, 0.15) is 38.1 Å². The van der Waals surface area contributed by atoms with E-state index in [-0.39, 0.29) is 0 Å². The number of hydrogen-bond acceptors (Lipinski definition) is 9. The fourth-order valence-corrected chi connectivity index (χ4v) is 2.82. The third-order valence-corrected chi connectivity index (χ3v) is 3.90. The van der Waals surface area contributed by atoms with Gasteiger partial charge in [-0.05, 0) is 31.2 Å². The summed E-state index contributed by atoms with van der Waals surface area (Å²) >= 11 is 0. The molecule has 1 heterocycles. The Morgan fingerprint density at radius 3 is 1.86 bits per heavy atom. The molecule has 9 nitrogen and oxygen atoms in total. The summed E-state index contributed by atoms with van der Waals surface area (Å²) < 4.78 is 27.3. The number of esters is 3. The fourth-order valence-electron chi connectivity index (χ4n) is 2.82. The topological polar surface area (TPSA) is 114 Å². The van der Waals surface area contributed by atoms with Crippen LogP contribution in [0, 0.1) is 0 Å². The fraction of sp³-hybridized carbons (Fsp3) is 0.474. The average molecular weight is 394 g/mol. The molecule has 0 spiro atoms. The standard InChI is InChI=1S/C19H22O9/c1-10-16(25-11(2)21)17(26-12(3)22)18(27-13(4)23)19(24-10)28-15-7-5-14(9-20)6-8-15/h5-10,16-19H,1-4H3/t10-,16+,17+,18-,19-/m0/s1. The maximum atomic E-state index is 11.6. The van der Waals surface area contributed by atoms with E-state index in [9.17, 15) is 19.2 Å². The van der Waals surface area contributed by atoms with Crippen LogP contribution in [0.25, 0.3) is 0 Å². The zero-order valence-corrected chi connectivity index (χ0v) is 15.9. The molecule has 1 saturated heterocycles. The monoisotopic (exact) mass is 394 g/mol. The average Bonchev–Trinajstić information content (AvgIpc) is 2.61. The van der Waals surface area contributed by atoms with Crippen LogP contribution in [0.15, 0.2) is 24.3 Å². The van der Waals surface area contributed by atoms with Crippen molar-refractivity contribution in [2.45, 2.75) is 58.4 Å². The lowest BCUT2D eigenvalue weighted by atomic mass is 9.99. The van der Waals surface area contributed by atoms with E-state index < -0.39 is 48.6 Å². The van der Waals surface area contributed by atoms with E-state index in [0.29, 0.717) is 17.6 Å². The van der Waals surface area contributed by atoms with E-state index in [0.717, 1.165) is 0 Å². The quantitative estimate of drug-likeness (QED) is 0.401. The first kappa shape index (κ1) is 21.4. The predicted octanol–water partition coefficient (Wildman–Crippen LogP) is 1.42. The van der Waals surface area contributed by atoms with Crippen molar-refractivity contribution in [3.05, 3.63) is 29.8 Å². The van der Waals surface area contributed by atoms with Gasteiger partial charge in [0.2, 0.25) is 12.4 Å². The van der Waals surface area contributed by atoms with Crippen molar-refractivity contribution >= 4 is 24.2 Å². The van der Waals surface area contributed by atoms with Gasteiger partial charge < -0.3 is 23.7 Å². The van der Waals surface area contributed by atoms with Crippen molar-refractivity contribution < 1.29 is 42.9 Å². The van der Waals surface area contributed by atoms with Gasteiger partial charge in [-0.3, -0.25) is 19.2 Å². The molecular formula is C19H22O9. The van der Waals surface area contributed by atoms with E-state index in [2.05, 4.69) is 0 Å².